The molecule has 4 unspecified atom stereocenters. The molecule has 3 aliphatic heterocycles. The molecule has 4 nitrogen and oxygen atoms in total. The minimum atomic E-state index is -2.81. The Labute approximate surface area is 400 Å². The van der Waals surface area contributed by atoms with E-state index in [4.69, 9.17) is 9.47 Å². The van der Waals surface area contributed by atoms with Gasteiger partial charge in [-0.1, -0.05) is 204 Å². The molecular formula is C59H108O4S. The van der Waals surface area contributed by atoms with Crippen LogP contribution in [0.5, 0.6) is 5.75 Å². The highest BCUT2D eigenvalue weighted by molar-refractivity contribution is 7.91. The van der Waals surface area contributed by atoms with Gasteiger partial charge in [-0.25, -0.2) is 8.42 Å². The van der Waals surface area contributed by atoms with Crippen molar-refractivity contribution >= 4 is 9.84 Å². The molecule has 64 heavy (non-hydrogen) atoms. The second-order valence-corrected chi connectivity index (χ2v) is 32.4. The summed E-state index contributed by atoms with van der Waals surface area (Å²) < 4.78 is 35.7. The molecule has 6 rings (SSSR count). The Bertz CT molecular complexity index is 1650. The Kier molecular flexibility index (Phi) is 18.3. The van der Waals surface area contributed by atoms with Crippen molar-refractivity contribution in [2.45, 2.75) is 223 Å². The van der Waals surface area contributed by atoms with Crippen LogP contribution in [0.15, 0.2) is 24.3 Å². The van der Waals surface area contributed by atoms with E-state index in [-0.39, 0.29) is 21.7 Å². The number of rotatable bonds is 0. The highest BCUT2D eigenvalue weighted by Gasteiger charge is 2.51. The van der Waals surface area contributed by atoms with E-state index in [2.05, 4.69) is 190 Å². The normalized spacial score (nSPS) is 31.4. The van der Waals surface area contributed by atoms with E-state index in [1.165, 1.54) is 50.5 Å². The molecule has 1 aromatic carbocycles. The zero-order valence-electron chi connectivity index (χ0n) is 46.9. The van der Waals surface area contributed by atoms with Crippen LogP contribution >= 0.6 is 0 Å². The van der Waals surface area contributed by atoms with Gasteiger partial charge in [0, 0.05) is 5.92 Å². The van der Waals surface area contributed by atoms with Crippen LogP contribution in [0.1, 0.15) is 223 Å². The number of ether oxygens (including phenoxy) is 2. The molecule has 0 radical (unpaired) electrons. The fourth-order valence-electron chi connectivity index (χ4n) is 13.2. The first-order valence-corrected chi connectivity index (χ1v) is 27.9. The summed E-state index contributed by atoms with van der Waals surface area (Å²) in [5.74, 6) is 7.74. The fourth-order valence-corrected chi connectivity index (χ4v) is 15.9. The second-order valence-electron chi connectivity index (χ2n) is 30.2. The summed E-state index contributed by atoms with van der Waals surface area (Å²) in [5, 5.41) is 0. The summed E-state index contributed by atoms with van der Waals surface area (Å²) in [7, 11) is -2.81. The third kappa shape index (κ3) is 15.5. The van der Waals surface area contributed by atoms with Gasteiger partial charge in [-0.15, -0.1) is 0 Å². The topological polar surface area (TPSA) is 52.6 Å². The van der Waals surface area contributed by atoms with Crippen LogP contribution in [0.4, 0.5) is 0 Å². The number of hydrogen-bond donors (Lipinski definition) is 0. The van der Waals surface area contributed by atoms with Crippen molar-refractivity contribution in [1.82, 2.24) is 0 Å². The predicted molar refractivity (Wildman–Crippen MR) is 279 cm³/mol. The van der Waals surface area contributed by atoms with Crippen LogP contribution in [0.25, 0.3) is 0 Å². The highest BCUT2D eigenvalue weighted by atomic mass is 32.2. The van der Waals surface area contributed by atoms with Crippen LogP contribution in [0, 0.1) is 90.7 Å². The average molecular weight is 914 g/mol. The Morgan fingerprint density at radius 3 is 1.27 bits per heavy atom. The average Bonchev–Trinajstić information content (AvgIpc) is 3.76. The summed E-state index contributed by atoms with van der Waals surface area (Å²) in [4.78, 5) is 0. The Morgan fingerprint density at radius 1 is 0.438 bits per heavy atom. The molecular weight excluding hydrogens is 805 g/mol. The predicted octanol–water partition coefficient (Wildman–Crippen LogP) is 17.0. The van der Waals surface area contributed by atoms with E-state index >= 15 is 0 Å². The lowest BCUT2D eigenvalue weighted by atomic mass is 9.56. The molecule has 0 amide bonds. The van der Waals surface area contributed by atoms with Gasteiger partial charge >= 0.3 is 0 Å². The van der Waals surface area contributed by atoms with E-state index < -0.39 is 9.84 Å². The summed E-state index contributed by atoms with van der Waals surface area (Å²) in [6, 6.07) is 8.54. The minimum Gasteiger partial charge on any atom is -0.493 e. The molecule has 3 heterocycles. The monoisotopic (exact) mass is 913 g/mol. The van der Waals surface area contributed by atoms with Crippen molar-refractivity contribution < 1.29 is 17.9 Å². The largest absolute Gasteiger partial charge is 0.493 e. The maximum atomic E-state index is 11.7. The second kappa shape index (κ2) is 20.5. The molecule has 5 heteroatoms. The molecule has 2 aliphatic carbocycles. The number of benzene rings is 1. The molecule has 1 aromatic rings. The first-order valence-electron chi connectivity index (χ1n) is 26.1. The zero-order chi connectivity index (χ0) is 49.4. The Morgan fingerprint density at radius 2 is 0.859 bits per heavy atom. The van der Waals surface area contributed by atoms with Crippen molar-refractivity contribution in [2.75, 3.05) is 24.7 Å². The first kappa shape index (κ1) is 57.2. The molecule has 0 aromatic heterocycles. The number of fused-ring (bicyclic) bond motifs is 2. The summed E-state index contributed by atoms with van der Waals surface area (Å²) in [6.45, 7) is 57.6. The van der Waals surface area contributed by atoms with Crippen molar-refractivity contribution in [1.29, 1.82) is 0 Å². The van der Waals surface area contributed by atoms with Gasteiger partial charge in [0.05, 0.1) is 30.8 Å². The standard InChI is InChI=1S/C17H32O.C17H26O.C13H26.C12H24O2S/c2*1-16(2,3)13-11-18-14-10-8-7-9-12(14)15(13)17(4,5)6;1-12(2,3)10-8-7-9-11(10)13(4,5)6;1-11(2,3)9-7-15(13,14)8-10(9)12(4,5)6/h12-15H,7-11H2,1-6H3;7-10,13,15H,11H2,1-6H3;10-11H,7-9H2,1-6H3;9-10H,7-8H2,1-6H3/t12?,13-,14?,15+;13-,15+;;9-,10+/m11../s1. The van der Waals surface area contributed by atoms with Crippen LogP contribution in [0.3, 0.4) is 0 Å². The van der Waals surface area contributed by atoms with E-state index in [0.717, 1.165) is 42.6 Å². The molecule has 374 valence electrons. The zero-order valence-corrected chi connectivity index (χ0v) is 47.7. The molecule has 0 N–H and O–H groups in total. The Balaban J connectivity index is 0.000000229. The maximum absolute atomic E-state index is 11.7. The van der Waals surface area contributed by atoms with E-state index in [0.29, 0.717) is 68.9 Å². The number of sulfone groups is 1. The summed E-state index contributed by atoms with van der Waals surface area (Å²) in [6.07, 6.45) is 10.4. The maximum Gasteiger partial charge on any atom is 0.150 e. The molecule has 0 spiro atoms. The summed E-state index contributed by atoms with van der Waals surface area (Å²) >= 11 is 0. The molecule has 2 saturated carbocycles. The Hall–Kier alpha value is -1.07. The van der Waals surface area contributed by atoms with E-state index in [1.54, 1.807) is 0 Å². The number of para-hydroxylation sites is 1. The quantitative estimate of drug-likeness (QED) is 0.260. The van der Waals surface area contributed by atoms with Crippen molar-refractivity contribution in [2.24, 2.45) is 90.7 Å². The van der Waals surface area contributed by atoms with Crippen LogP contribution in [-0.2, 0) is 14.6 Å². The minimum absolute atomic E-state index is 0.0848. The SMILES string of the molecule is CC(C)(C)C1CCCC1C(C)(C)C.CC(C)(C)[C@@H]1COC2CCCCC2[C@@H]1C(C)(C)C.CC(C)(C)[C@@H]1COc2ccccc2[C@@H]1C(C)(C)C.CC(C)(C)[C@@H]1CS(=O)(=O)C[C@@H]1C(C)(C)C. The van der Waals surface area contributed by atoms with Crippen LogP contribution in [-0.4, -0.2) is 39.2 Å². The molecule has 10 atom stereocenters. The van der Waals surface area contributed by atoms with E-state index in [9.17, 15) is 8.42 Å². The van der Waals surface area contributed by atoms with Crippen molar-refractivity contribution in [3.05, 3.63) is 29.8 Å². The number of hydrogen-bond acceptors (Lipinski definition) is 4. The molecule has 4 fully saturated rings. The molecule has 2 saturated heterocycles. The molecule has 5 aliphatic rings. The van der Waals surface area contributed by atoms with Crippen molar-refractivity contribution in [3.63, 3.8) is 0 Å². The third-order valence-electron chi connectivity index (χ3n) is 16.7. The van der Waals surface area contributed by atoms with E-state index in [1.807, 2.05) is 0 Å². The molecule has 0 bridgehead atoms. The lowest BCUT2D eigenvalue weighted by molar-refractivity contribution is -0.161. The van der Waals surface area contributed by atoms with Crippen LogP contribution in [0.2, 0.25) is 0 Å². The van der Waals surface area contributed by atoms with Crippen molar-refractivity contribution in [3.8, 4) is 5.75 Å². The van der Waals surface area contributed by atoms with Gasteiger partial charge in [0.1, 0.15) is 5.75 Å². The lowest BCUT2D eigenvalue weighted by Gasteiger charge is -2.54. The van der Waals surface area contributed by atoms with Crippen LogP contribution < -0.4 is 4.74 Å². The van der Waals surface area contributed by atoms with Gasteiger partial charge in [-0.3, -0.25) is 0 Å². The smallest absolute Gasteiger partial charge is 0.150 e. The highest BCUT2D eigenvalue weighted by Crippen LogP contribution is 2.55. The van der Waals surface area contributed by atoms with Gasteiger partial charge in [-0.05, 0) is 128 Å². The summed E-state index contributed by atoms with van der Waals surface area (Å²) in [5.41, 5.74) is 3.87. The third-order valence-corrected chi connectivity index (χ3v) is 18.4. The van der Waals surface area contributed by atoms with Gasteiger partial charge in [-0.2, -0.15) is 0 Å². The lowest BCUT2D eigenvalue weighted by Crippen LogP contribution is -2.52. The van der Waals surface area contributed by atoms with Gasteiger partial charge < -0.3 is 9.47 Å². The van der Waals surface area contributed by atoms with Gasteiger partial charge in [0.25, 0.3) is 0 Å². The fraction of sp³-hybridized carbons (Fsp3) is 0.898. The van der Waals surface area contributed by atoms with Gasteiger partial charge in [0.2, 0.25) is 0 Å². The van der Waals surface area contributed by atoms with Gasteiger partial charge in [0.15, 0.2) is 9.84 Å². The first-order chi connectivity index (χ1) is 28.6.